The quantitative estimate of drug-likeness (QED) is 0.0581. The molecular weight excluding hydrogens is 1500 g/mol. The molecule has 4 aromatic rings. The Morgan fingerprint density at radius 1 is 0.491 bits per heavy atom. The molecule has 34 nitrogen and oxygen atoms in total. The number of carbonyl (C=O) groups excluding carboxylic acids is 15. The minimum Gasteiger partial charge on any atom is -0.481 e. The third-order valence-electron chi connectivity index (χ3n) is 20.1. The number of aliphatic hydroxyl groups excluding tert-OH is 2. The van der Waals surface area contributed by atoms with Crippen LogP contribution >= 0.6 is 11.8 Å². The van der Waals surface area contributed by atoms with Gasteiger partial charge in [-0.05, 0) is 100 Å². The Hall–Kier alpha value is -11.3. The van der Waals surface area contributed by atoms with Crippen LogP contribution in [0.15, 0.2) is 115 Å². The zero-order chi connectivity index (χ0) is 83.8. The SMILES string of the molecule is CC(C)C1NC(=O)[C@H](Cc2ccccc2)NC(=O)CSC[C@@H](C(=O)NCC(N)=O)NC(=O)[C@@H]2CCCN2C(=O)[C@H](C)NC(=O)[C@H](CCC(=O)O)NC(=O)[C@H](C)N(C)C(=O)[C@H](Cc2ccc(-c3ccccc3)cc2)NC(=O)[C@H](Cc2ccccc2)N(C)C(=O)[C@H](C)NC(=O)[C@H]([C@@H](C)O)NC(=O)[C@H]([C@@H](C)O)NC(=O)[C@@H]2CCCN2C1=O. The maximum Gasteiger partial charge on any atom is 0.303 e. The lowest BCUT2D eigenvalue weighted by molar-refractivity contribution is -0.145. The molecule has 0 saturated carbocycles. The molecule has 35 heteroatoms. The van der Waals surface area contributed by atoms with Crippen molar-refractivity contribution in [2.45, 2.75) is 197 Å². The van der Waals surface area contributed by atoms with E-state index < -0.39 is 216 Å². The lowest BCUT2D eigenvalue weighted by Crippen LogP contribution is -2.63. The van der Waals surface area contributed by atoms with E-state index in [2.05, 4.69) is 53.2 Å². The van der Waals surface area contributed by atoms with Crippen molar-refractivity contribution in [3.05, 3.63) is 132 Å². The number of carbonyl (C=O) groups is 16. The van der Waals surface area contributed by atoms with Crippen molar-refractivity contribution in [3.63, 3.8) is 0 Å². The maximum absolute atomic E-state index is 15.2. The summed E-state index contributed by atoms with van der Waals surface area (Å²) in [6, 6.07) is 13.8. The Morgan fingerprint density at radius 3 is 1.51 bits per heavy atom. The first kappa shape index (κ1) is 89.9. The number of thioether (sulfide) groups is 1. The normalized spacial score (nSPS) is 25.9. The molecule has 3 aliphatic rings. The van der Waals surface area contributed by atoms with Gasteiger partial charge in [-0.3, -0.25) is 76.7 Å². The number of carboxylic acid groups (broad SMARTS) is 1. The first-order valence-electron chi connectivity index (χ1n) is 37.9. The monoisotopic (exact) mass is 1600 g/mol. The Balaban J connectivity index is 1.23. The van der Waals surface area contributed by atoms with Gasteiger partial charge in [0.15, 0.2) is 0 Å². The molecular formula is C79H105N15O19S. The number of primary amides is 1. The summed E-state index contributed by atoms with van der Waals surface area (Å²) in [4.78, 5) is 231. The molecule has 0 spiro atoms. The van der Waals surface area contributed by atoms with Gasteiger partial charge in [-0.2, -0.15) is 0 Å². The fourth-order valence-electron chi connectivity index (χ4n) is 13.5. The summed E-state index contributed by atoms with van der Waals surface area (Å²) in [5.41, 5.74) is 8.67. The molecule has 15 N–H and O–H groups in total. The predicted octanol–water partition coefficient (Wildman–Crippen LogP) is -1.93. The van der Waals surface area contributed by atoms with Gasteiger partial charge in [0.25, 0.3) is 0 Å². The van der Waals surface area contributed by atoms with Crippen LogP contribution in [0.3, 0.4) is 0 Å². The first-order chi connectivity index (χ1) is 54.0. The van der Waals surface area contributed by atoms with Crippen LogP contribution in [-0.2, 0) is 96.0 Å². The topological polar surface area (TPSA) is 493 Å². The number of nitrogens with one attached hydrogen (secondary N) is 10. The molecule has 3 fully saturated rings. The Kier molecular flexibility index (Phi) is 33.5. The molecule has 0 aliphatic carbocycles. The highest BCUT2D eigenvalue weighted by Gasteiger charge is 2.44. The van der Waals surface area contributed by atoms with Crippen molar-refractivity contribution in [1.82, 2.24) is 72.8 Å². The second-order valence-corrected chi connectivity index (χ2v) is 30.2. The van der Waals surface area contributed by atoms with E-state index >= 15 is 9.59 Å². The number of amides is 15. The minimum absolute atomic E-state index is 0.00272. The number of benzene rings is 4. The Morgan fingerprint density at radius 2 is 0.956 bits per heavy atom. The van der Waals surface area contributed by atoms with E-state index in [0.717, 1.165) is 51.4 Å². The van der Waals surface area contributed by atoms with Crippen LogP contribution in [0.25, 0.3) is 11.1 Å². The molecule has 1 unspecified atom stereocenters. The summed E-state index contributed by atoms with van der Waals surface area (Å²) < 4.78 is 0. The van der Waals surface area contributed by atoms with Crippen LogP contribution in [-0.4, -0.2) is 265 Å². The van der Waals surface area contributed by atoms with Crippen molar-refractivity contribution in [3.8, 4) is 11.1 Å². The van der Waals surface area contributed by atoms with Crippen molar-refractivity contribution >= 4 is 106 Å². The largest absolute Gasteiger partial charge is 0.481 e. The van der Waals surface area contributed by atoms with E-state index in [4.69, 9.17) is 5.73 Å². The highest BCUT2D eigenvalue weighted by atomic mass is 32.2. The number of hydrogen-bond donors (Lipinski definition) is 14. The summed E-state index contributed by atoms with van der Waals surface area (Å²) in [6.45, 7) is 8.75. The van der Waals surface area contributed by atoms with E-state index in [1.54, 1.807) is 98.8 Å². The lowest BCUT2D eigenvalue weighted by atomic mass is 9.98. The summed E-state index contributed by atoms with van der Waals surface area (Å²) in [7, 11) is 2.52. The van der Waals surface area contributed by atoms with E-state index in [0.29, 0.717) is 16.7 Å². The Labute approximate surface area is 665 Å². The van der Waals surface area contributed by atoms with Crippen LogP contribution in [0.4, 0.5) is 0 Å². The zero-order valence-corrected chi connectivity index (χ0v) is 66.1. The van der Waals surface area contributed by atoms with Crippen LogP contribution < -0.4 is 58.9 Å². The molecule has 15 amide bonds. The number of carboxylic acids is 1. The maximum atomic E-state index is 15.2. The van der Waals surface area contributed by atoms with Crippen molar-refractivity contribution < 1.29 is 92.0 Å². The lowest BCUT2D eigenvalue weighted by Gasteiger charge is -2.34. The Bertz CT molecular complexity index is 4110. The third-order valence-corrected chi connectivity index (χ3v) is 21.1. The summed E-state index contributed by atoms with van der Waals surface area (Å²) in [6.07, 6.45) is -4.48. The van der Waals surface area contributed by atoms with Gasteiger partial charge in [-0.1, -0.05) is 129 Å². The zero-order valence-electron chi connectivity index (χ0n) is 65.3. The first-order valence-corrected chi connectivity index (χ1v) is 39.0. The third kappa shape index (κ3) is 25.3. The average Bonchev–Trinajstić information content (AvgIpc) is 1.31. The fraction of sp³-hybridized carbons (Fsp3) is 0.494. The van der Waals surface area contributed by atoms with Gasteiger partial charge >= 0.3 is 5.97 Å². The number of aliphatic hydroxyl groups is 2. The molecule has 4 aromatic carbocycles. The van der Waals surface area contributed by atoms with Gasteiger partial charge in [0.2, 0.25) is 88.6 Å². The van der Waals surface area contributed by atoms with E-state index in [9.17, 15) is 82.4 Å². The van der Waals surface area contributed by atoms with Crippen molar-refractivity contribution in [2.24, 2.45) is 11.7 Å². The van der Waals surface area contributed by atoms with Crippen LogP contribution in [0.5, 0.6) is 0 Å². The number of hydrogen-bond acceptors (Lipinski definition) is 19. The van der Waals surface area contributed by atoms with E-state index in [1.165, 1.54) is 39.8 Å². The van der Waals surface area contributed by atoms with Crippen LogP contribution in [0.1, 0.15) is 104 Å². The second-order valence-electron chi connectivity index (χ2n) is 29.2. The number of nitrogens with zero attached hydrogens (tertiary/aromatic N) is 4. The highest BCUT2D eigenvalue weighted by Crippen LogP contribution is 2.25. The number of rotatable bonds is 16. The number of likely N-dealkylation sites (N-methyl/N-ethyl adjacent to an activating group) is 2. The number of aliphatic carboxylic acids is 1. The van der Waals surface area contributed by atoms with Crippen LogP contribution in [0, 0.1) is 5.92 Å². The summed E-state index contributed by atoms with van der Waals surface area (Å²) in [5.74, 6) is -16.5. The molecule has 114 heavy (non-hydrogen) atoms. The molecule has 15 atom stereocenters. The average molecular weight is 1600 g/mol. The molecule has 3 aliphatic heterocycles. The molecule has 0 bridgehead atoms. The van der Waals surface area contributed by atoms with Gasteiger partial charge < -0.3 is 93.8 Å². The second kappa shape index (κ2) is 42.5. The molecule has 7 rings (SSSR count). The van der Waals surface area contributed by atoms with E-state index in [1.807, 2.05) is 30.3 Å². The smallest absolute Gasteiger partial charge is 0.303 e. The van der Waals surface area contributed by atoms with Gasteiger partial charge in [0.05, 0.1) is 24.5 Å². The number of nitrogens with two attached hydrogens (primary N) is 1. The number of fused-ring (bicyclic) bond motifs is 2. The van der Waals surface area contributed by atoms with Gasteiger partial charge in [0.1, 0.15) is 78.5 Å². The van der Waals surface area contributed by atoms with Crippen LogP contribution in [0.2, 0.25) is 0 Å². The van der Waals surface area contributed by atoms with Gasteiger partial charge in [-0.15, -0.1) is 11.8 Å². The molecule has 0 aromatic heterocycles. The minimum atomic E-state index is -1.87. The molecule has 3 saturated heterocycles. The van der Waals surface area contributed by atoms with Crippen molar-refractivity contribution in [2.75, 3.05) is 45.2 Å². The highest BCUT2D eigenvalue weighted by molar-refractivity contribution is 8.00. The van der Waals surface area contributed by atoms with Gasteiger partial charge in [0, 0.05) is 58.6 Å². The van der Waals surface area contributed by atoms with Crippen molar-refractivity contribution in [1.29, 1.82) is 0 Å². The summed E-state index contributed by atoms with van der Waals surface area (Å²) in [5, 5.41) is 57.5. The fourth-order valence-corrected chi connectivity index (χ4v) is 14.3. The standard InChI is InChI=1S/C79H105N15O19S/c1-43(2)64-79(113)94-36-20-28-59(94)72(106)89-66(48(7)96)75(109)90-65(47(6)95)74(108)83-44(3)76(110)92(9)60(39-50-23-15-11-16-24-50)73(107)86-56(38-51-29-31-53(32-30-51)52-25-17-12-18-26-52)78(112)91(8)46(5)67(101)85-54(33-34-63(99)100)69(103)82-45(4)77(111)93-35-19-27-58(93)71(105)87-57(68(102)81-40-61(80)97)41-114-42-62(98)84-55(70(104)88-64)37-49-21-13-10-14-22-49/h10-18,21-26,29-32,43-48,54-60,64-66,95-96H,19-20,27-28,33-42H2,1-9H3,(H2,80,97)(H,81,102)(H,82,103)(H,83,108)(H,84,98)(H,85,101)(H,86,107)(H,87,105)(H,88,104)(H,89,106)(H,90,109)(H,99,100)/t44-,45-,46-,47+,48+,54-,55-,56-,57-,58-,59-,60-,64?,65-,66-/m0/s1. The van der Waals surface area contributed by atoms with Gasteiger partial charge in [-0.25, -0.2) is 0 Å². The summed E-state index contributed by atoms with van der Waals surface area (Å²) >= 11 is 0.831. The molecule has 616 valence electrons. The molecule has 3 heterocycles. The molecule has 0 radical (unpaired) electrons. The predicted molar refractivity (Wildman–Crippen MR) is 417 cm³/mol. The van der Waals surface area contributed by atoms with E-state index in [-0.39, 0.29) is 63.8 Å².